The van der Waals surface area contributed by atoms with Crippen molar-refractivity contribution in [1.82, 2.24) is 0 Å². The summed E-state index contributed by atoms with van der Waals surface area (Å²) in [4.78, 5) is 65.7. The molecule has 9 heteroatoms. The molecular weight excluding hydrogens is 336 g/mol. The van der Waals surface area contributed by atoms with Gasteiger partial charge >= 0.3 is 35.8 Å². The molecule has 136 valence electrons. The second kappa shape index (κ2) is 12.3. The van der Waals surface area contributed by atoms with Gasteiger partial charge in [0.25, 0.3) is 0 Å². The van der Waals surface area contributed by atoms with Gasteiger partial charge in [-0.15, -0.1) is 0 Å². The Labute approximate surface area is 143 Å². The lowest BCUT2D eigenvalue weighted by Crippen LogP contribution is -2.11. The third-order valence-electron chi connectivity index (χ3n) is 2.21. The van der Waals surface area contributed by atoms with E-state index in [4.69, 9.17) is 0 Å². The smallest absolute Gasteiger partial charge is 0.317 e. The first kappa shape index (κ1) is 21.9. The summed E-state index contributed by atoms with van der Waals surface area (Å²) >= 11 is 0. The number of hydrogen-bond acceptors (Lipinski definition) is 9. The maximum absolute atomic E-state index is 11.3. The average Bonchev–Trinajstić information content (AvgIpc) is 2.46. The molecule has 0 unspecified atom stereocenters. The number of rotatable bonds is 8. The predicted molar refractivity (Wildman–Crippen MR) is 81.4 cm³/mol. The Hall–Kier alpha value is -3.10. The Bertz CT molecular complexity index is 547. The van der Waals surface area contributed by atoms with Crippen LogP contribution in [0.5, 0.6) is 0 Å². The molecule has 0 rings (SSSR count). The van der Waals surface area contributed by atoms with Crippen LogP contribution in [0.1, 0.15) is 39.5 Å². The van der Waals surface area contributed by atoms with E-state index in [0.29, 0.717) is 0 Å². The zero-order chi connectivity index (χ0) is 19.2. The SMILES string of the molecule is CC(=O)OC(=O)CC=CCC(=O)OC(=O)CC=CCC(=O)OC(C)=O. The van der Waals surface area contributed by atoms with Crippen LogP contribution in [0.25, 0.3) is 0 Å². The summed E-state index contributed by atoms with van der Waals surface area (Å²) < 4.78 is 13.0. The minimum absolute atomic E-state index is 0.195. The van der Waals surface area contributed by atoms with Crippen LogP contribution < -0.4 is 0 Å². The van der Waals surface area contributed by atoms with Crippen LogP contribution in [0.3, 0.4) is 0 Å². The molecule has 0 heterocycles. The molecule has 0 radical (unpaired) electrons. The lowest BCUT2D eigenvalue weighted by atomic mass is 10.3. The van der Waals surface area contributed by atoms with E-state index in [0.717, 1.165) is 13.8 Å². The number of carbonyl (C=O) groups excluding carboxylic acids is 6. The van der Waals surface area contributed by atoms with Crippen molar-refractivity contribution < 1.29 is 43.0 Å². The second-order valence-corrected chi connectivity index (χ2v) is 4.54. The van der Waals surface area contributed by atoms with Gasteiger partial charge in [0.1, 0.15) is 0 Å². The Kier molecular flexibility index (Phi) is 10.8. The van der Waals surface area contributed by atoms with Crippen molar-refractivity contribution in [2.75, 3.05) is 0 Å². The van der Waals surface area contributed by atoms with Crippen molar-refractivity contribution in [2.45, 2.75) is 39.5 Å². The van der Waals surface area contributed by atoms with E-state index in [-0.39, 0.29) is 25.7 Å². The van der Waals surface area contributed by atoms with Gasteiger partial charge in [0.2, 0.25) is 0 Å². The monoisotopic (exact) mass is 354 g/mol. The van der Waals surface area contributed by atoms with Crippen LogP contribution in [0.4, 0.5) is 0 Å². The van der Waals surface area contributed by atoms with E-state index < -0.39 is 35.8 Å². The molecule has 0 aromatic heterocycles. The number of esters is 6. The predicted octanol–water partition coefficient (Wildman–Crippen LogP) is 0.908. The maximum atomic E-state index is 11.3. The van der Waals surface area contributed by atoms with Gasteiger partial charge in [-0.25, -0.2) is 0 Å². The molecule has 0 saturated carbocycles. The van der Waals surface area contributed by atoms with Gasteiger partial charge < -0.3 is 14.2 Å². The van der Waals surface area contributed by atoms with Gasteiger partial charge in [-0.1, -0.05) is 24.3 Å². The summed E-state index contributed by atoms with van der Waals surface area (Å²) in [6, 6.07) is 0. The van der Waals surface area contributed by atoms with E-state index in [9.17, 15) is 28.8 Å². The largest absolute Gasteiger partial charge is 0.393 e. The van der Waals surface area contributed by atoms with Gasteiger partial charge in [-0.3, -0.25) is 28.8 Å². The van der Waals surface area contributed by atoms with Crippen LogP contribution in [-0.2, 0) is 43.0 Å². The highest BCUT2D eigenvalue weighted by Gasteiger charge is 2.08. The van der Waals surface area contributed by atoms with Gasteiger partial charge in [0, 0.05) is 13.8 Å². The maximum Gasteiger partial charge on any atom is 0.317 e. The minimum atomic E-state index is -0.828. The highest BCUT2D eigenvalue weighted by molar-refractivity contribution is 5.87. The van der Waals surface area contributed by atoms with Gasteiger partial charge in [-0.05, 0) is 0 Å². The normalized spacial score (nSPS) is 10.5. The molecule has 0 N–H and O–H groups in total. The van der Waals surface area contributed by atoms with E-state index in [2.05, 4.69) is 14.2 Å². The first-order valence-corrected chi connectivity index (χ1v) is 7.16. The van der Waals surface area contributed by atoms with Crippen molar-refractivity contribution >= 4 is 35.8 Å². The molecule has 0 aliphatic carbocycles. The van der Waals surface area contributed by atoms with Crippen LogP contribution >= 0.6 is 0 Å². The van der Waals surface area contributed by atoms with Crippen molar-refractivity contribution in [3.05, 3.63) is 24.3 Å². The lowest BCUT2D eigenvalue weighted by molar-refractivity contribution is -0.160. The van der Waals surface area contributed by atoms with Crippen LogP contribution in [0.2, 0.25) is 0 Å². The molecule has 0 aliphatic heterocycles. The summed E-state index contributed by atoms with van der Waals surface area (Å²) in [6.45, 7) is 2.18. The first-order valence-electron chi connectivity index (χ1n) is 7.16. The summed E-state index contributed by atoms with van der Waals surface area (Å²) in [5, 5.41) is 0. The summed E-state index contributed by atoms with van der Waals surface area (Å²) in [6.07, 6.45) is 4.33. The highest BCUT2D eigenvalue weighted by atomic mass is 16.6. The van der Waals surface area contributed by atoms with Crippen molar-refractivity contribution in [2.24, 2.45) is 0 Å². The van der Waals surface area contributed by atoms with Gasteiger partial charge in [0.15, 0.2) is 0 Å². The van der Waals surface area contributed by atoms with Crippen LogP contribution in [0, 0.1) is 0 Å². The van der Waals surface area contributed by atoms with Gasteiger partial charge in [0.05, 0.1) is 25.7 Å². The molecule has 0 spiro atoms. The zero-order valence-corrected chi connectivity index (χ0v) is 13.8. The fourth-order valence-electron chi connectivity index (χ4n) is 1.33. The molecule has 0 fully saturated rings. The summed E-state index contributed by atoms with van der Waals surface area (Å²) in [7, 11) is 0. The molecule has 0 saturated heterocycles. The van der Waals surface area contributed by atoms with E-state index >= 15 is 0 Å². The molecule has 0 bridgehead atoms. The topological polar surface area (TPSA) is 130 Å². The second-order valence-electron chi connectivity index (χ2n) is 4.54. The number of carbonyl (C=O) groups is 6. The number of ether oxygens (including phenoxy) is 3. The Morgan fingerprint density at radius 2 is 0.760 bits per heavy atom. The number of hydrogen-bond donors (Lipinski definition) is 0. The summed E-state index contributed by atoms with van der Waals surface area (Å²) in [5.41, 5.74) is 0. The Morgan fingerprint density at radius 3 is 1.00 bits per heavy atom. The Balaban J connectivity index is 3.97. The fraction of sp³-hybridized carbons (Fsp3) is 0.375. The van der Waals surface area contributed by atoms with Crippen LogP contribution in [-0.4, -0.2) is 35.8 Å². The fourth-order valence-corrected chi connectivity index (χ4v) is 1.33. The molecule has 0 amide bonds. The highest BCUT2D eigenvalue weighted by Crippen LogP contribution is 1.98. The molecule has 25 heavy (non-hydrogen) atoms. The molecule has 0 atom stereocenters. The Morgan fingerprint density at radius 1 is 0.520 bits per heavy atom. The van der Waals surface area contributed by atoms with E-state index in [1.165, 1.54) is 24.3 Å². The molecule has 0 aromatic rings. The molecule has 0 aliphatic rings. The molecular formula is C16H18O9. The van der Waals surface area contributed by atoms with Crippen molar-refractivity contribution in [1.29, 1.82) is 0 Å². The quantitative estimate of drug-likeness (QED) is 0.270. The summed E-state index contributed by atoms with van der Waals surface area (Å²) in [5.74, 6) is -4.64. The van der Waals surface area contributed by atoms with Crippen molar-refractivity contribution in [3.8, 4) is 0 Å². The van der Waals surface area contributed by atoms with E-state index in [1.54, 1.807) is 0 Å². The third-order valence-corrected chi connectivity index (χ3v) is 2.21. The lowest BCUT2D eigenvalue weighted by Gasteiger charge is -1.99. The zero-order valence-electron chi connectivity index (χ0n) is 13.8. The van der Waals surface area contributed by atoms with Crippen LogP contribution in [0.15, 0.2) is 24.3 Å². The van der Waals surface area contributed by atoms with Crippen molar-refractivity contribution in [3.63, 3.8) is 0 Å². The van der Waals surface area contributed by atoms with E-state index in [1.807, 2.05) is 0 Å². The minimum Gasteiger partial charge on any atom is -0.393 e. The average molecular weight is 354 g/mol. The van der Waals surface area contributed by atoms with Gasteiger partial charge in [-0.2, -0.15) is 0 Å². The molecule has 0 aromatic carbocycles. The molecule has 9 nitrogen and oxygen atoms in total. The third kappa shape index (κ3) is 14.2. The first-order chi connectivity index (χ1) is 11.7. The standard InChI is InChI=1S/C16H18O9/c1-11(17)23-13(19)7-3-5-9-15(21)25-16(22)10-6-4-8-14(20)24-12(2)18/h3-6H,7-10H2,1-2H3.